The van der Waals surface area contributed by atoms with Crippen LogP contribution in [0.1, 0.15) is 11.1 Å². The van der Waals surface area contributed by atoms with Crippen LogP contribution in [0.4, 0.5) is 13.2 Å². The summed E-state index contributed by atoms with van der Waals surface area (Å²) in [6.07, 6.45) is -2.63. The lowest BCUT2D eigenvalue weighted by Crippen LogP contribution is -2.39. The Morgan fingerprint density at radius 1 is 1.12 bits per heavy atom. The van der Waals surface area contributed by atoms with E-state index in [1.807, 2.05) is 0 Å². The predicted molar refractivity (Wildman–Crippen MR) is 95.0 cm³/mol. The van der Waals surface area contributed by atoms with Crippen LogP contribution in [-0.4, -0.2) is 59.7 Å². The van der Waals surface area contributed by atoms with Gasteiger partial charge >= 0.3 is 6.18 Å². The van der Waals surface area contributed by atoms with Gasteiger partial charge in [-0.15, -0.1) is 0 Å². The van der Waals surface area contributed by atoms with E-state index in [-0.39, 0.29) is 12.4 Å². The van der Waals surface area contributed by atoms with Crippen molar-refractivity contribution in [1.82, 2.24) is 10.6 Å². The van der Waals surface area contributed by atoms with E-state index in [9.17, 15) is 21.6 Å². The highest BCUT2D eigenvalue weighted by atomic mass is 32.2. The molecule has 0 aliphatic rings. The highest BCUT2D eigenvalue weighted by molar-refractivity contribution is 7.90. The molecule has 0 saturated carbocycles. The maximum absolute atomic E-state index is 12.5. The van der Waals surface area contributed by atoms with Crippen LogP contribution in [0, 0.1) is 0 Å². The van der Waals surface area contributed by atoms with Crippen molar-refractivity contribution in [2.45, 2.75) is 12.6 Å². The molecule has 1 rings (SSSR count). The van der Waals surface area contributed by atoms with Crippen LogP contribution in [0.15, 0.2) is 29.3 Å². The lowest BCUT2D eigenvalue weighted by Gasteiger charge is -2.12. The molecule has 26 heavy (non-hydrogen) atoms. The molecule has 0 bridgehead atoms. The number of hydrogen-bond donors (Lipinski definition) is 2. The fourth-order valence-corrected chi connectivity index (χ4v) is 2.38. The maximum Gasteiger partial charge on any atom is 0.416 e. The van der Waals surface area contributed by atoms with Gasteiger partial charge in [-0.3, -0.25) is 4.99 Å². The third-order valence-electron chi connectivity index (χ3n) is 3.35. The number of alkyl halides is 3. The summed E-state index contributed by atoms with van der Waals surface area (Å²) in [6, 6.07) is 5.04. The zero-order valence-electron chi connectivity index (χ0n) is 14.8. The third-order valence-corrected chi connectivity index (χ3v) is 4.26. The summed E-state index contributed by atoms with van der Waals surface area (Å²) in [5.41, 5.74) is 0.118. The van der Waals surface area contributed by atoms with Crippen molar-refractivity contribution in [3.63, 3.8) is 0 Å². The van der Waals surface area contributed by atoms with Gasteiger partial charge in [0.1, 0.15) is 9.84 Å². The number of nitrogens with one attached hydrogen (secondary N) is 2. The lowest BCUT2D eigenvalue weighted by molar-refractivity contribution is -0.137. The molecule has 0 aliphatic carbocycles. The van der Waals surface area contributed by atoms with E-state index < -0.39 is 21.6 Å². The summed E-state index contributed by atoms with van der Waals surface area (Å²) in [5.74, 6) is 0.510. The molecule has 2 N–H and O–H groups in total. The van der Waals surface area contributed by atoms with Crippen molar-refractivity contribution in [1.29, 1.82) is 0 Å². The van der Waals surface area contributed by atoms with Crippen molar-refractivity contribution in [2.24, 2.45) is 4.99 Å². The second-order valence-electron chi connectivity index (χ2n) is 5.61. The van der Waals surface area contributed by atoms with Gasteiger partial charge in [0.15, 0.2) is 5.96 Å². The van der Waals surface area contributed by atoms with Crippen molar-refractivity contribution in [3.8, 4) is 0 Å². The first-order chi connectivity index (χ1) is 12.1. The van der Waals surface area contributed by atoms with Gasteiger partial charge < -0.3 is 15.4 Å². The molecule has 0 unspecified atom stereocenters. The molecule has 10 heteroatoms. The van der Waals surface area contributed by atoms with Crippen LogP contribution in [0.25, 0.3) is 0 Å². The lowest BCUT2D eigenvalue weighted by atomic mass is 10.1. The average molecular weight is 395 g/mol. The van der Waals surface area contributed by atoms with Crippen LogP contribution in [0.5, 0.6) is 0 Å². The largest absolute Gasteiger partial charge is 0.416 e. The number of sulfone groups is 1. The first kappa shape index (κ1) is 22.2. The molecule has 0 atom stereocenters. The van der Waals surface area contributed by atoms with E-state index in [1.165, 1.54) is 12.1 Å². The Kier molecular flexibility index (Phi) is 8.86. The first-order valence-electron chi connectivity index (χ1n) is 7.98. The van der Waals surface area contributed by atoms with E-state index in [2.05, 4.69) is 15.6 Å². The number of guanidine groups is 1. The molecule has 0 fully saturated rings. The normalized spacial score (nSPS) is 12.9. The SMILES string of the molecule is CN=C(NCCOCCS(C)(=O)=O)NCCc1ccc(C(F)(F)F)cc1. The summed E-state index contributed by atoms with van der Waals surface area (Å²) in [7, 11) is -1.43. The summed E-state index contributed by atoms with van der Waals surface area (Å²) >= 11 is 0. The molecule has 0 spiro atoms. The van der Waals surface area contributed by atoms with Gasteiger partial charge in [-0.1, -0.05) is 12.1 Å². The molecule has 0 heterocycles. The van der Waals surface area contributed by atoms with Crippen LogP contribution >= 0.6 is 0 Å². The molecular formula is C16H24F3N3O3S. The van der Waals surface area contributed by atoms with Crippen LogP contribution < -0.4 is 10.6 Å². The number of benzene rings is 1. The number of hydrogen-bond acceptors (Lipinski definition) is 4. The highest BCUT2D eigenvalue weighted by Crippen LogP contribution is 2.29. The van der Waals surface area contributed by atoms with E-state index in [1.54, 1.807) is 7.05 Å². The molecule has 1 aromatic carbocycles. The predicted octanol–water partition coefficient (Wildman–Crippen LogP) is 1.47. The Hall–Kier alpha value is -1.81. The second kappa shape index (κ2) is 10.4. The smallest absolute Gasteiger partial charge is 0.379 e. The summed E-state index contributed by atoms with van der Waals surface area (Å²) < 4.78 is 64.6. The Morgan fingerprint density at radius 3 is 2.27 bits per heavy atom. The average Bonchev–Trinajstić information content (AvgIpc) is 2.55. The van der Waals surface area contributed by atoms with E-state index in [4.69, 9.17) is 4.74 Å². The van der Waals surface area contributed by atoms with Crippen LogP contribution in [0.3, 0.4) is 0 Å². The molecular weight excluding hydrogens is 371 g/mol. The van der Waals surface area contributed by atoms with E-state index >= 15 is 0 Å². The second-order valence-corrected chi connectivity index (χ2v) is 7.87. The van der Waals surface area contributed by atoms with E-state index in [0.29, 0.717) is 32.1 Å². The zero-order chi connectivity index (χ0) is 19.6. The summed E-state index contributed by atoms with van der Waals surface area (Å²) in [4.78, 5) is 4.02. The Morgan fingerprint density at radius 2 is 1.73 bits per heavy atom. The van der Waals surface area contributed by atoms with Crippen LogP contribution in [-0.2, 0) is 27.2 Å². The summed E-state index contributed by atoms with van der Waals surface area (Å²) in [5, 5.41) is 6.04. The number of nitrogens with zero attached hydrogens (tertiary/aromatic N) is 1. The number of rotatable bonds is 9. The molecule has 0 saturated heterocycles. The first-order valence-corrected chi connectivity index (χ1v) is 10.0. The summed E-state index contributed by atoms with van der Waals surface area (Å²) in [6.45, 7) is 1.42. The molecule has 0 radical (unpaired) electrons. The maximum atomic E-state index is 12.5. The standard InChI is InChI=1S/C16H24F3N3O3S/c1-20-15(22-9-10-25-11-12-26(2,23)24)21-8-7-13-3-5-14(6-4-13)16(17,18)19/h3-6H,7-12H2,1-2H3,(H2,20,21,22). The Balaban J connectivity index is 2.24. The fraction of sp³-hybridized carbons (Fsp3) is 0.562. The van der Waals surface area contributed by atoms with Crippen molar-refractivity contribution in [2.75, 3.05) is 45.4 Å². The number of halogens is 3. The molecule has 1 aromatic rings. The minimum atomic E-state index is -4.33. The molecule has 0 aromatic heterocycles. The highest BCUT2D eigenvalue weighted by Gasteiger charge is 2.29. The minimum absolute atomic E-state index is 0.0207. The number of ether oxygens (including phenoxy) is 1. The molecule has 148 valence electrons. The fourth-order valence-electron chi connectivity index (χ4n) is 1.96. The van der Waals surface area contributed by atoms with Crippen molar-refractivity contribution in [3.05, 3.63) is 35.4 Å². The van der Waals surface area contributed by atoms with Gasteiger partial charge in [-0.25, -0.2) is 8.42 Å². The van der Waals surface area contributed by atoms with Crippen molar-refractivity contribution >= 4 is 15.8 Å². The van der Waals surface area contributed by atoms with Gasteiger partial charge in [-0.05, 0) is 24.1 Å². The van der Waals surface area contributed by atoms with E-state index in [0.717, 1.165) is 24.0 Å². The Labute approximate surface area is 151 Å². The van der Waals surface area contributed by atoms with Gasteiger partial charge in [0.25, 0.3) is 0 Å². The topological polar surface area (TPSA) is 79.8 Å². The van der Waals surface area contributed by atoms with Gasteiger partial charge in [-0.2, -0.15) is 13.2 Å². The van der Waals surface area contributed by atoms with Crippen molar-refractivity contribution < 1.29 is 26.3 Å². The van der Waals surface area contributed by atoms with Crippen LogP contribution in [0.2, 0.25) is 0 Å². The Bertz CT molecular complexity index is 674. The minimum Gasteiger partial charge on any atom is -0.379 e. The monoisotopic (exact) mass is 395 g/mol. The third kappa shape index (κ3) is 9.62. The number of aliphatic imine (C=N–C) groups is 1. The van der Waals surface area contributed by atoms with Gasteiger partial charge in [0.2, 0.25) is 0 Å². The molecule has 0 aliphatic heterocycles. The zero-order valence-corrected chi connectivity index (χ0v) is 15.6. The van der Waals surface area contributed by atoms with Gasteiger partial charge in [0, 0.05) is 26.4 Å². The molecule has 6 nitrogen and oxygen atoms in total. The van der Waals surface area contributed by atoms with Gasteiger partial charge in [0.05, 0.1) is 24.5 Å². The molecule has 0 amide bonds. The quantitative estimate of drug-likeness (QED) is 0.376.